The van der Waals surface area contributed by atoms with Gasteiger partial charge in [0.15, 0.2) is 0 Å². The Morgan fingerprint density at radius 2 is 1.32 bits per heavy atom. The number of hydrogen-bond donors (Lipinski definition) is 3. The molecule has 0 aromatic heterocycles. The highest BCUT2D eigenvalue weighted by molar-refractivity contribution is 8.01. The fourth-order valence-corrected chi connectivity index (χ4v) is 13.1. The topological polar surface area (TPSA) is 170 Å². The number of thioether (sulfide) groups is 3. The van der Waals surface area contributed by atoms with Gasteiger partial charge in [0.05, 0.1) is 17.3 Å². The molecular formula is C67H83FN4O8S5. The van der Waals surface area contributed by atoms with Crippen molar-refractivity contribution in [3.63, 3.8) is 0 Å². The smallest absolute Gasteiger partial charge is 0.331 e. The van der Waals surface area contributed by atoms with Crippen molar-refractivity contribution in [1.29, 1.82) is 0 Å². The van der Waals surface area contributed by atoms with Crippen LogP contribution < -0.4 is 14.3 Å². The summed E-state index contributed by atoms with van der Waals surface area (Å²) in [5, 5.41) is 9.28. The molecule has 456 valence electrons. The van der Waals surface area contributed by atoms with E-state index in [0.29, 0.717) is 51.5 Å². The number of amides is 4. The zero-order valence-electron chi connectivity index (χ0n) is 51.0. The van der Waals surface area contributed by atoms with Crippen molar-refractivity contribution in [2.75, 3.05) is 34.2 Å². The molecule has 5 unspecified atom stereocenters. The molecule has 1 aliphatic carbocycles. The molecule has 12 nitrogen and oxygen atoms in total. The van der Waals surface area contributed by atoms with Crippen LogP contribution in [0.15, 0.2) is 145 Å². The van der Waals surface area contributed by atoms with E-state index in [1.165, 1.54) is 70.4 Å². The molecule has 0 spiro atoms. The third-order valence-corrected chi connectivity index (χ3v) is 18.7. The fraction of sp³-hybridized carbons (Fsp3) is 0.373. The lowest BCUT2D eigenvalue weighted by Crippen LogP contribution is -2.32. The average Bonchev–Trinajstić information content (AvgIpc) is 3.88. The maximum atomic E-state index is 13.2. The van der Waals surface area contributed by atoms with Crippen molar-refractivity contribution in [1.82, 2.24) is 14.3 Å². The number of hydrogen-bond acceptors (Lipinski definition) is 11. The standard InChI is InChI=1S/C21H24N2O2S2.C18H16FNO3S.C14H20OS.C12H17NO2S.C2H6/c1-4-11-27-22-20(25)17-9-10-18(15(3)12-17)23-19(24)13-26-21(23)16-7-5-14(2)6-8-16;1-2-11-9-13(18(22)23)5-8-15(11)20-16(21)10-24-17(20)12-3-6-14(19)7-4-12;1-10(2)13-5-7-14(8-6-13)12(4)16-9-11(3)15;1-4-5-10-6-7-11(8-9(10)2)12(14)13-16(3)15;1-2/h5-10,12,21H,4,11,13H2,1-3H3,(H,22,25);2-8,11,17H,1,9-10H2,(H,22,23);5-8,10,12H,9H2,1-4H3;6-8H,4-5H2,1-3H3,(H,13,14);1-2H3. The molecule has 5 atom stereocenters. The fourth-order valence-electron chi connectivity index (χ4n) is 8.99. The number of carboxylic acids is 1. The molecule has 2 aliphatic heterocycles. The zero-order chi connectivity index (χ0) is 62.9. The lowest BCUT2D eigenvalue weighted by atomic mass is 9.90. The lowest BCUT2D eigenvalue weighted by Gasteiger charge is -2.32. The van der Waals surface area contributed by atoms with Gasteiger partial charge in [0, 0.05) is 51.3 Å². The Hall–Kier alpha value is -6.18. The molecule has 8 rings (SSSR count). The number of anilines is 1. The number of halogens is 1. The molecule has 2 heterocycles. The predicted molar refractivity (Wildman–Crippen MR) is 356 cm³/mol. The van der Waals surface area contributed by atoms with Crippen LogP contribution in [0.1, 0.15) is 162 Å². The maximum Gasteiger partial charge on any atom is 0.331 e. The zero-order valence-corrected chi connectivity index (χ0v) is 55.1. The average molecular weight is 1250 g/mol. The van der Waals surface area contributed by atoms with E-state index in [2.05, 4.69) is 106 Å². The van der Waals surface area contributed by atoms with Gasteiger partial charge in [-0.1, -0.05) is 144 Å². The van der Waals surface area contributed by atoms with E-state index < -0.39 is 17.0 Å². The SMILES string of the molecule is C=CC1CC(C(=O)O)=CC=C1N1C(=O)CSC1c1ccc(F)cc1.CC.CC(=O)CSC(C)c1ccc(C(C)C)cc1.CCCSNC(=O)c1ccc(N2C(=O)CSC2c2ccc(C)cc2)c(C)c1.CCCc1ccc(C(=O)NS(C)=O)cc1C. The maximum absolute atomic E-state index is 13.2. The normalized spacial score (nSPS) is 16.8. The van der Waals surface area contributed by atoms with Gasteiger partial charge in [-0.15, -0.1) is 41.9 Å². The van der Waals surface area contributed by atoms with Gasteiger partial charge < -0.3 is 5.11 Å². The number of Topliss-reactive ketones (excluding diaryl/α,β-unsaturated/α-hetero) is 1. The van der Waals surface area contributed by atoms with Crippen LogP contribution in [-0.4, -0.2) is 78.9 Å². The summed E-state index contributed by atoms with van der Waals surface area (Å²) in [5.41, 5.74) is 12.2. The summed E-state index contributed by atoms with van der Waals surface area (Å²) < 4.78 is 29.3. The summed E-state index contributed by atoms with van der Waals surface area (Å²) >= 11 is 6.24. The molecule has 0 saturated carbocycles. The number of aliphatic carboxylic acids is 1. The Morgan fingerprint density at radius 1 is 0.765 bits per heavy atom. The Kier molecular flexibility index (Phi) is 30.3. The van der Waals surface area contributed by atoms with Crippen molar-refractivity contribution < 1.29 is 42.5 Å². The van der Waals surface area contributed by atoms with Crippen LogP contribution in [0.25, 0.3) is 0 Å². The van der Waals surface area contributed by atoms with E-state index in [0.717, 1.165) is 58.7 Å². The van der Waals surface area contributed by atoms with E-state index >= 15 is 0 Å². The number of nitrogens with one attached hydrogen (secondary N) is 2. The van der Waals surface area contributed by atoms with Crippen LogP contribution in [0, 0.1) is 32.5 Å². The van der Waals surface area contributed by atoms with Crippen LogP contribution in [-0.2, 0) is 36.6 Å². The second-order valence-corrected chi connectivity index (χ2v) is 26.0. The molecule has 2 fully saturated rings. The first-order valence-electron chi connectivity index (χ1n) is 28.5. The second kappa shape index (κ2) is 36.1. The van der Waals surface area contributed by atoms with Gasteiger partial charge in [0.1, 0.15) is 33.3 Å². The number of aryl methyl sites for hydroxylation is 4. The van der Waals surface area contributed by atoms with E-state index in [9.17, 15) is 37.4 Å². The molecule has 5 aromatic carbocycles. The number of carbonyl (C=O) groups is 6. The lowest BCUT2D eigenvalue weighted by molar-refractivity contribution is -0.133. The summed E-state index contributed by atoms with van der Waals surface area (Å²) in [6.45, 7) is 26.2. The van der Waals surface area contributed by atoms with Gasteiger partial charge in [-0.2, -0.15) is 0 Å². The monoisotopic (exact) mass is 1250 g/mol. The summed E-state index contributed by atoms with van der Waals surface area (Å²) in [7, 11) is -1.31. The first-order valence-corrected chi connectivity index (χ1v) is 34.2. The van der Waals surface area contributed by atoms with Crippen molar-refractivity contribution in [2.24, 2.45) is 5.92 Å². The molecule has 85 heavy (non-hydrogen) atoms. The molecule has 0 radical (unpaired) electrons. The van der Waals surface area contributed by atoms with E-state index in [1.807, 2.05) is 56.9 Å². The highest BCUT2D eigenvalue weighted by Crippen LogP contribution is 2.45. The quantitative estimate of drug-likeness (QED) is 0.0407. The van der Waals surface area contributed by atoms with E-state index in [4.69, 9.17) is 5.11 Å². The van der Waals surface area contributed by atoms with Crippen LogP contribution in [0.5, 0.6) is 0 Å². The molecular weight excluding hydrogens is 1170 g/mol. The molecule has 5 aromatic rings. The third kappa shape index (κ3) is 21.6. The number of benzene rings is 5. The minimum absolute atomic E-state index is 0.0309. The number of ketones is 1. The van der Waals surface area contributed by atoms with Crippen molar-refractivity contribution in [3.05, 3.63) is 207 Å². The number of rotatable bonds is 19. The molecule has 4 amide bonds. The molecule has 18 heteroatoms. The first-order chi connectivity index (χ1) is 40.6. The highest BCUT2D eigenvalue weighted by Gasteiger charge is 2.39. The number of nitrogens with zero attached hydrogens (tertiary/aromatic N) is 2. The Morgan fingerprint density at radius 3 is 1.85 bits per heavy atom. The Bertz CT molecular complexity index is 3170. The first kappa shape index (κ1) is 71.3. The van der Waals surface area contributed by atoms with E-state index in [1.54, 1.807) is 71.8 Å². The minimum Gasteiger partial charge on any atom is -0.478 e. The van der Waals surface area contributed by atoms with Gasteiger partial charge >= 0.3 is 5.97 Å². The van der Waals surface area contributed by atoms with Crippen LogP contribution in [0.2, 0.25) is 0 Å². The van der Waals surface area contributed by atoms with Gasteiger partial charge in [-0.3, -0.25) is 43.2 Å². The minimum atomic E-state index is -1.31. The Labute approximate surface area is 523 Å². The highest BCUT2D eigenvalue weighted by atomic mass is 32.2. The number of carbonyl (C=O) groups excluding carboxylic acids is 5. The van der Waals surface area contributed by atoms with Crippen molar-refractivity contribution >= 4 is 99.3 Å². The Balaban J connectivity index is 0.000000247. The van der Waals surface area contributed by atoms with Crippen LogP contribution in [0.3, 0.4) is 0 Å². The van der Waals surface area contributed by atoms with Crippen molar-refractivity contribution in [3.8, 4) is 0 Å². The van der Waals surface area contributed by atoms with Crippen LogP contribution >= 0.6 is 47.2 Å². The summed E-state index contributed by atoms with van der Waals surface area (Å²) in [6, 6.07) is 34.3. The predicted octanol–water partition coefficient (Wildman–Crippen LogP) is 15.6. The number of carboxylic acid groups (broad SMARTS) is 1. The van der Waals surface area contributed by atoms with E-state index in [-0.39, 0.29) is 51.9 Å². The van der Waals surface area contributed by atoms with Gasteiger partial charge in [0.2, 0.25) is 11.8 Å². The van der Waals surface area contributed by atoms with Crippen molar-refractivity contribution in [2.45, 2.75) is 124 Å². The third-order valence-electron chi connectivity index (χ3n) is 13.5. The second-order valence-electron chi connectivity index (χ2n) is 20.5. The van der Waals surface area contributed by atoms with Gasteiger partial charge in [-0.05, 0) is 147 Å². The van der Waals surface area contributed by atoms with Crippen LogP contribution in [0.4, 0.5) is 10.1 Å². The summed E-state index contributed by atoms with van der Waals surface area (Å²) in [5.74, 6) is 1.26. The van der Waals surface area contributed by atoms with Gasteiger partial charge in [-0.25, -0.2) is 13.4 Å². The molecule has 3 aliphatic rings. The molecule has 2 saturated heterocycles. The molecule has 3 N–H and O–H groups in total. The largest absolute Gasteiger partial charge is 0.478 e. The van der Waals surface area contributed by atoms with Gasteiger partial charge in [0.25, 0.3) is 11.8 Å². The molecule has 0 bridgehead atoms. The summed E-state index contributed by atoms with van der Waals surface area (Å²) in [6.07, 6.45) is 9.75. The summed E-state index contributed by atoms with van der Waals surface area (Å²) in [4.78, 5) is 74.5. The number of allylic oxidation sites excluding steroid dienone is 3.